The Morgan fingerprint density at radius 1 is 1.42 bits per heavy atom. The molecule has 2 aromatic rings. The number of carboxylic acid groups (broad SMARTS) is 1. The zero-order valence-corrected chi connectivity index (χ0v) is 10.1. The third-order valence-electron chi connectivity index (χ3n) is 2.46. The Kier molecular flexibility index (Phi) is 3.97. The van der Waals surface area contributed by atoms with E-state index in [9.17, 15) is 9.59 Å². The lowest BCUT2D eigenvalue weighted by Crippen LogP contribution is -2.23. The third-order valence-corrected chi connectivity index (χ3v) is 2.46. The summed E-state index contributed by atoms with van der Waals surface area (Å²) in [5.74, 6) is -1.01. The summed E-state index contributed by atoms with van der Waals surface area (Å²) in [7, 11) is 0. The van der Waals surface area contributed by atoms with Crippen LogP contribution in [0.5, 0.6) is 0 Å². The van der Waals surface area contributed by atoms with Gasteiger partial charge in [-0.25, -0.2) is 4.79 Å². The van der Waals surface area contributed by atoms with Gasteiger partial charge < -0.3 is 14.8 Å². The lowest BCUT2D eigenvalue weighted by atomic mass is 10.3. The molecule has 0 bridgehead atoms. The molecular formula is C12H13N3O4. The van der Waals surface area contributed by atoms with Crippen molar-refractivity contribution in [2.75, 3.05) is 0 Å². The first kappa shape index (κ1) is 12.9. The van der Waals surface area contributed by atoms with Crippen molar-refractivity contribution in [1.82, 2.24) is 15.1 Å². The van der Waals surface area contributed by atoms with Gasteiger partial charge in [-0.1, -0.05) is 0 Å². The van der Waals surface area contributed by atoms with Crippen LogP contribution in [0.15, 0.2) is 35.0 Å². The van der Waals surface area contributed by atoms with Crippen LogP contribution in [0, 0.1) is 0 Å². The number of carboxylic acids is 1. The first-order chi connectivity index (χ1) is 9.15. The number of aromatic carboxylic acids is 1. The second kappa shape index (κ2) is 5.85. The lowest BCUT2D eigenvalue weighted by Gasteiger charge is -2.03. The Balaban J connectivity index is 1.75. The average Bonchev–Trinajstić information content (AvgIpc) is 3.05. The maximum Gasteiger partial charge on any atom is 0.371 e. The van der Waals surface area contributed by atoms with Gasteiger partial charge in [-0.15, -0.1) is 0 Å². The molecule has 1 amide bonds. The summed E-state index contributed by atoms with van der Waals surface area (Å²) in [4.78, 5) is 22.1. The van der Waals surface area contributed by atoms with Gasteiger partial charge in [0.2, 0.25) is 11.7 Å². The zero-order valence-electron chi connectivity index (χ0n) is 10.1. The molecule has 7 heteroatoms. The van der Waals surface area contributed by atoms with E-state index in [0.29, 0.717) is 18.7 Å². The van der Waals surface area contributed by atoms with E-state index in [1.165, 1.54) is 12.1 Å². The van der Waals surface area contributed by atoms with Gasteiger partial charge in [0, 0.05) is 25.4 Å². The number of nitrogens with zero attached hydrogens (tertiary/aromatic N) is 2. The maximum atomic E-state index is 11.5. The number of hydrogen-bond acceptors (Lipinski definition) is 4. The smallest absolute Gasteiger partial charge is 0.371 e. The molecule has 2 N–H and O–H groups in total. The number of carbonyl (C=O) groups is 2. The van der Waals surface area contributed by atoms with E-state index in [1.807, 2.05) is 0 Å². The van der Waals surface area contributed by atoms with Gasteiger partial charge in [-0.05, 0) is 18.2 Å². The molecule has 0 aromatic carbocycles. The van der Waals surface area contributed by atoms with Crippen molar-refractivity contribution < 1.29 is 19.1 Å². The Hall–Kier alpha value is -2.57. The number of nitrogens with one attached hydrogen (secondary N) is 1. The highest BCUT2D eigenvalue weighted by Crippen LogP contribution is 2.07. The van der Waals surface area contributed by atoms with Gasteiger partial charge in [0.1, 0.15) is 5.76 Å². The normalized spacial score (nSPS) is 10.3. The van der Waals surface area contributed by atoms with Gasteiger partial charge in [-0.2, -0.15) is 5.10 Å². The summed E-state index contributed by atoms with van der Waals surface area (Å²) in [5, 5.41) is 15.3. The van der Waals surface area contributed by atoms with Gasteiger partial charge in [0.25, 0.3) is 0 Å². The van der Waals surface area contributed by atoms with Crippen molar-refractivity contribution in [2.24, 2.45) is 0 Å². The van der Waals surface area contributed by atoms with Crippen LogP contribution in [0.3, 0.4) is 0 Å². The zero-order chi connectivity index (χ0) is 13.7. The lowest BCUT2D eigenvalue weighted by molar-refractivity contribution is -0.121. The predicted octanol–water partition coefficient (Wildman–Crippen LogP) is 0.881. The highest BCUT2D eigenvalue weighted by atomic mass is 16.4. The molecule has 19 heavy (non-hydrogen) atoms. The molecule has 0 aliphatic rings. The number of rotatable bonds is 6. The molecule has 0 spiro atoms. The fraction of sp³-hybridized carbons (Fsp3) is 0.250. The van der Waals surface area contributed by atoms with Crippen LogP contribution in [0.2, 0.25) is 0 Å². The van der Waals surface area contributed by atoms with Crippen molar-refractivity contribution >= 4 is 11.9 Å². The van der Waals surface area contributed by atoms with E-state index in [-0.39, 0.29) is 18.2 Å². The van der Waals surface area contributed by atoms with E-state index < -0.39 is 5.97 Å². The van der Waals surface area contributed by atoms with Crippen LogP contribution in [0.1, 0.15) is 22.7 Å². The van der Waals surface area contributed by atoms with Crippen LogP contribution >= 0.6 is 0 Å². The molecule has 0 saturated heterocycles. The van der Waals surface area contributed by atoms with Crippen LogP contribution in [0.25, 0.3) is 0 Å². The first-order valence-corrected chi connectivity index (χ1v) is 5.71. The Labute approximate surface area is 108 Å². The second-order valence-electron chi connectivity index (χ2n) is 3.87. The number of furan rings is 1. The average molecular weight is 263 g/mol. The van der Waals surface area contributed by atoms with Crippen LogP contribution in [-0.4, -0.2) is 26.8 Å². The Morgan fingerprint density at radius 2 is 2.26 bits per heavy atom. The molecule has 0 radical (unpaired) electrons. The number of aromatic nitrogens is 2. The highest BCUT2D eigenvalue weighted by molar-refractivity contribution is 5.84. The van der Waals surface area contributed by atoms with E-state index >= 15 is 0 Å². The van der Waals surface area contributed by atoms with Crippen molar-refractivity contribution in [3.05, 3.63) is 42.1 Å². The maximum absolute atomic E-state index is 11.5. The van der Waals surface area contributed by atoms with Crippen LogP contribution in [-0.2, 0) is 17.9 Å². The molecule has 0 saturated carbocycles. The molecule has 0 unspecified atom stereocenters. The van der Waals surface area contributed by atoms with Crippen molar-refractivity contribution in [3.8, 4) is 0 Å². The first-order valence-electron chi connectivity index (χ1n) is 5.71. The van der Waals surface area contributed by atoms with E-state index in [0.717, 1.165) is 0 Å². The second-order valence-corrected chi connectivity index (χ2v) is 3.87. The number of aryl methyl sites for hydroxylation is 1. The molecule has 7 nitrogen and oxygen atoms in total. The number of amides is 1. The minimum Gasteiger partial charge on any atom is -0.475 e. The summed E-state index contributed by atoms with van der Waals surface area (Å²) >= 11 is 0. The molecule has 100 valence electrons. The molecule has 2 heterocycles. The fourth-order valence-corrected chi connectivity index (χ4v) is 1.51. The summed E-state index contributed by atoms with van der Waals surface area (Å²) in [5.41, 5.74) is 0. The van der Waals surface area contributed by atoms with Gasteiger partial charge in [0.15, 0.2) is 0 Å². The van der Waals surface area contributed by atoms with Gasteiger partial charge in [0.05, 0.1) is 6.54 Å². The largest absolute Gasteiger partial charge is 0.475 e. The standard InChI is InChI=1S/C12H13N3O4/c16-11(4-7-15-6-1-5-14-15)13-8-9-2-3-10(19-9)12(17)18/h1-3,5-6H,4,7-8H2,(H,13,16)(H,17,18). The molecule has 2 aromatic heterocycles. The summed E-state index contributed by atoms with van der Waals surface area (Å²) in [6, 6.07) is 4.67. The molecule has 0 fully saturated rings. The topological polar surface area (TPSA) is 97.4 Å². The third kappa shape index (κ3) is 3.70. The molecule has 2 rings (SSSR count). The van der Waals surface area contributed by atoms with Crippen molar-refractivity contribution in [2.45, 2.75) is 19.5 Å². The number of carbonyl (C=O) groups excluding carboxylic acids is 1. The van der Waals surface area contributed by atoms with Crippen molar-refractivity contribution in [1.29, 1.82) is 0 Å². The van der Waals surface area contributed by atoms with Gasteiger partial charge >= 0.3 is 5.97 Å². The molecule has 0 aliphatic heterocycles. The van der Waals surface area contributed by atoms with Crippen LogP contribution in [0.4, 0.5) is 0 Å². The quantitative estimate of drug-likeness (QED) is 0.806. The molecular weight excluding hydrogens is 250 g/mol. The Morgan fingerprint density at radius 3 is 2.89 bits per heavy atom. The van der Waals surface area contributed by atoms with Gasteiger partial charge in [-0.3, -0.25) is 9.48 Å². The summed E-state index contributed by atoms with van der Waals surface area (Å²) in [6.07, 6.45) is 3.72. The van der Waals surface area contributed by atoms with Crippen LogP contribution < -0.4 is 5.32 Å². The van der Waals surface area contributed by atoms with E-state index in [1.54, 1.807) is 23.1 Å². The molecule has 0 aliphatic carbocycles. The summed E-state index contributed by atoms with van der Waals surface area (Å²) in [6.45, 7) is 0.669. The number of hydrogen-bond donors (Lipinski definition) is 2. The SMILES string of the molecule is O=C(CCn1cccn1)NCc1ccc(C(=O)O)o1. The Bertz CT molecular complexity index is 559. The predicted molar refractivity (Wildman–Crippen MR) is 64.4 cm³/mol. The monoisotopic (exact) mass is 263 g/mol. The van der Waals surface area contributed by atoms with E-state index in [2.05, 4.69) is 10.4 Å². The highest BCUT2D eigenvalue weighted by Gasteiger charge is 2.09. The molecule has 0 atom stereocenters. The fourth-order valence-electron chi connectivity index (χ4n) is 1.51. The minimum atomic E-state index is -1.13. The van der Waals surface area contributed by atoms with Crippen molar-refractivity contribution in [3.63, 3.8) is 0 Å². The summed E-state index contributed by atoms with van der Waals surface area (Å²) < 4.78 is 6.68. The van der Waals surface area contributed by atoms with E-state index in [4.69, 9.17) is 9.52 Å². The minimum absolute atomic E-state index is 0.138.